The number of β-amino-alcohol motifs (C(OH)–C–C–N with tert-alkyl or cyclic N) is 1. The number of benzene rings is 1. The van der Waals surface area contributed by atoms with Gasteiger partial charge in [0.05, 0.1) is 11.8 Å². The molecule has 0 bridgehead atoms. The number of piperidine rings is 1. The maximum atomic E-state index is 10.0. The summed E-state index contributed by atoms with van der Waals surface area (Å²) in [7, 11) is 0. The Kier molecular flexibility index (Phi) is 4.36. The molecule has 6 heteroatoms. The summed E-state index contributed by atoms with van der Waals surface area (Å²) in [6, 6.07) is 11.9. The van der Waals surface area contributed by atoms with Gasteiger partial charge in [0.1, 0.15) is 5.82 Å². The smallest absolute Gasteiger partial charge is 0.157 e. The van der Waals surface area contributed by atoms with Crippen molar-refractivity contribution in [3.05, 3.63) is 58.4 Å². The average Bonchev–Trinajstić information content (AvgIpc) is 2.98. The van der Waals surface area contributed by atoms with Gasteiger partial charge in [0.15, 0.2) is 5.65 Å². The quantitative estimate of drug-likeness (QED) is 0.782. The van der Waals surface area contributed by atoms with Crippen molar-refractivity contribution in [2.24, 2.45) is 0 Å². The van der Waals surface area contributed by atoms with E-state index in [1.54, 1.807) is 0 Å². The first-order valence-electron chi connectivity index (χ1n) is 8.62. The molecule has 130 valence electrons. The highest BCUT2D eigenvalue weighted by atomic mass is 35.5. The number of aliphatic hydroxyl groups is 1. The normalized spacial score (nSPS) is 18.0. The number of hydrogen-bond donors (Lipinski definition) is 1. The van der Waals surface area contributed by atoms with E-state index in [0.717, 1.165) is 53.7 Å². The van der Waals surface area contributed by atoms with Crippen LogP contribution < -0.4 is 4.90 Å². The number of halogens is 1. The van der Waals surface area contributed by atoms with Crippen LogP contribution in [0.4, 0.5) is 5.82 Å². The van der Waals surface area contributed by atoms with Crippen LogP contribution in [0.5, 0.6) is 0 Å². The largest absolute Gasteiger partial charge is 0.391 e. The van der Waals surface area contributed by atoms with Gasteiger partial charge < -0.3 is 10.0 Å². The molecule has 1 N–H and O–H groups in total. The molecular formula is C19H21ClN4O. The highest BCUT2D eigenvalue weighted by Crippen LogP contribution is 2.23. The van der Waals surface area contributed by atoms with Gasteiger partial charge >= 0.3 is 0 Å². The van der Waals surface area contributed by atoms with Gasteiger partial charge in [0.25, 0.3) is 0 Å². The molecule has 0 amide bonds. The van der Waals surface area contributed by atoms with Crippen molar-refractivity contribution in [2.75, 3.05) is 18.0 Å². The van der Waals surface area contributed by atoms with Crippen LogP contribution in [-0.4, -0.2) is 38.9 Å². The number of nitrogens with zero attached hydrogens (tertiary/aromatic N) is 4. The van der Waals surface area contributed by atoms with Crippen molar-refractivity contribution in [1.82, 2.24) is 14.6 Å². The van der Waals surface area contributed by atoms with Crippen molar-refractivity contribution >= 4 is 23.1 Å². The van der Waals surface area contributed by atoms with E-state index in [1.165, 1.54) is 5.56 Å². The van der Waals surface area contributed by atoms with E-state index >= 15 is 0 Å². The third-order valence-electron chi connectivity index (χ3n) is 4.61. The summed E-state index contributed by atoms with van der Waals surface area (Å²) in [5.41, 5.74) is 3.94. The molecule has 0 saturated carbocycles. The van der Waals surface area contributed by atoms with E-state index in [4.69, 9.17) is 16.7 Å². The summed E-state index contributed by atoms with van der Waals surface area (Å²) >= 11 is 5.96. The molecule has 3 heterocycles. The van der Waals surface area contributed by atoms with Gasteiger partial charge in [-0.1, -0.05) is 23.7 Å². The van der Waals surface area contributed by atoms with Crippen LogP contribution in [0.2, 0.25) is 5.02 Å². The van der Waals surface area contributed by atoms with E-state index < -0.39 is 0 Å². The zero-order valence-corrected chi connectivity index (χ0v) is 14.9. The van der Waals surface area contributed by atoms with E-state index in [-0.39, 0.29) is 6.10 Å². The molecule has 1 unspecified atom stereocenters. The van der Waals surface area contributed by atoms with Gasteiger partial charge in [0.2, 0.25) is 0 Å². The number of aryl methyl sites for hydroxylation is 1. The topological polar surface area (TPSA) is 53.7 Å². The second kappa shape index (κ2) is 6.65. The van der Waals surface area contributed by atoms with Crippen molar-refractivity contribution in [2.45, 2.75) is 32.3 Å². The fourth-order valence-corrected chi connectivity index (χ4v) is 3.54. The third-order valence-corrected chi connectivity index (χ3v) is 4.86. The molecule has 1 saturated heterocycles. The Bertz CT molecular complexity index is 890. The Morgan fingerprint density at radius 2 is 2.04 bits per heavy atom. The fourth-order valence-electron chi connectivity index (χ4n) is 3.41. The second-order valence-corrected chi connectivity index (χ2v) is 7.14. The van der Waals surface area contributed by atoms with E-state index in [2.05, 4.69) is 9.88 Å². The van der Waals surface area contributed by atoms with Gasteiger partial charge in [-0.15, -0.1) is 0 Å². The first-order chi connectivity index (χ1) is 12.1. The van der Waals surface area contributed by atoms with Crippen molar-refractivity contribution < 1.29 is 5.11 Å². The maximum absolute atomic E-state index is 10.0. The van der Waals surface area contributed by atoms with Gasteiger partial charge in [0, 0.05) is 42.4 Å². The summed E-state index contributed by atoms with van der Waals surface area (Å²) in [5.74, 6) is 1.00. The predicted molar refractivity (Wildman–Crippen MR) is 99.4 cm³/mol. The predicted octanol–water partition coefficient (Wildman–Crippen LogP) is 3.24. The average molecular weight is 357 g/mol. The lowest BCUT2D eigenvalue weighted by Gasteiger charge is -2.32. The molecule has 1 atom stereocenters. The van der Waals surface area contributed by atoms with Crippen LogP contribution in [0.25, 0.3) is 5.65 Å². The molecule has 0 spiro atoms. The first-order valence-corrected chi connectivity index (χ1v) is 9.00. The second-order valence-electron chi connectivity index (χ2n) is 6.71. The molecule has 1 fully saturated rings. The van der Waals surface area contributed by atoms with Crippen molar-refractivity contribution in [1.29, 1.82) is 0 Å². The molecule has 1 aliphatic heterocycles. The van der Waals surface area contributed by atoms with Gasteiger partial charge in [-0.3, -0.25) is 0 Å². The SMILES string of the molecule is Cc1cc(N2CCCC(O)C2)n2nc(Cc3ccc(Cl)cc3)cc2n1. The summed E-state index contributed by atoms with van der Waals surface area (Å²) in [4.78, 5) is 6.82. The number of rotatable bonds is 3. The number of anilines is 1. The van der Waals surface area contributed by atoms with Crippen LogP contribution in [0.3, 0.4) is 0 Å². The third kappa shape index (κ3) is 3.48. The van der Waals surface area contributed by atoms with Gasteiger partial charge in [-0.2, -0.15) is 9.61 Å². The minimum Gasteiger partial charge on any atom is -0.391 e. The zero-order chi connectivity index (χ0) is 17.4. The van der Waals surface area contributed by atoms with Crippen LogP contribution in [-0.2, 0) is 6.42 Å². The lowest BCUT2D eigenvalue weighted by Crippen LogP contribution is -2.39. The number of aromatic nitrogens is 3. The van der Waals surface area contributed by atoms with Crippen LogP contribution in [0.15, 0.2) is 36.4 Å². The molecule has 0 aliphatic carbocycles. The van der Waals surface area contributed by atoms with E-state index in [1.807, 2.05) is 47.8 Å². The van der Waals surface area contributed by atoms with Gasteiger partial charge in [-0.25, -0.2) is 4.98 Å². The zero-order valence-electron chi connectivity index (χ0n) is 14.2. The molecule has 0 radical (unpaired) electrons. The Hall–Kier alpha value is -2.11. The molecule has 1 aliphatic rings. The highest BCUT2D eigenvalue weighted by Gasteiger charge is 2.21. The van der Waals surface area contributed by atoms with Crippen LogP contribution in [0.1, 0.15) is 29.8 Å². The van der Waals surface area contributed by atoms with Crippen LogP contribution >= 0.6 is 11.6 Å². The molecule has 3 aromatic rings. The molecule has 5 nitrogen and oxygen atoms in total. The molecule has 25 heavy (non-hydrogen) atoms. The molecule has 2 aromatic heterocycles. The summed E-state index contributed by atoms with van der Waals surface area (Å²) in [6.45, 7) is 3.57. The molecule has 4 rings (SSSR count). The highest BCUT2D eigenvalue weighted by molar-refractivity contribution is 6.30. The Morgan fingerprint density at radius 1 is 1.24 bits per heavy atom. The lowest BCUT2D eigenvalue weighted by atomic mass is 10.1. The monoisotopic (exact) mass is 356 g/mol. The van der Waals surface area contributed by atoms with Crippen LogP contribution in [0, 0.1) is 6.92 Å². The van der Waals surface area contributed by atoms with E-state index in [0.29, 0.717) is 6.54 Å². The first kappa shape index (κ1) is 16.4. The standard InChI is InChI=1S/C19H21ClN4O/c1-13-9-19(23-8-2-3-17(25)12-23)24-18(21-13)11-16(22-24)10-14-4-6-15(20)7-5-14/h4-7,9,11,17,25H,2-3,8,10,12H2,1H3. The fraction of sp³-hybridized carbons (Fsp3) is 0.368. The number of hydrogen-bond acceptors (Lipinski definition) is 4. The minimum atomic E-state index is -0.277. The van der Waals surface area contributed by atoms with Crippen molar-refractivity contribution in [3.8, 4) is 0 Å². The number of aliphatic hydroxyl groups excluding tert-OH is 1. The molecule has 1 aromatic carbocycles. The Balaban J connectivity index is 1.69. The molecular weight excluding hydrogens is 336 g/mol. The maximum Gasteiger partial charge on any atom is 0.157 e. The Morgan fingerprint density at radius 3 is 2.80 bits per heavy atom. The summed E-state index contributed by atoms with van der Waals surface area (Å²) < 4.78 is 1.90. The number of fused-ring (bicyclic) bond motifs is 1. The minimum absolute atomic E-state index is 0.277. The van der Waals surface area contributed by atoms with E-state index in [9.17, 15) is 5.11 Å². The van der Waals surface area contributed by atoms with Crippen molar-refractivity contribution in [3.63, 3.8) is 0 Å². The van der Waals surface area contributed by atoms with Gasteiger partial charge in [-0.05, 0) is 37.5 Å². The summed E-state index contributed by atoms with van der Waals surface area (Å²) in [5, 5.41) is 15.5. The lowest BCUT2D eigenvalue weighted by molar-refractivity contribution is 0.153. The Labute approximate surface area is 151 Å². The summed E-state index contributed by atoms with van der Waals surface area (Å²) in [6.07, 6.45) is 2.32.